The Kier molecular flexibility index (Phi) is 5.41. The number of hydrogen-bond donors (Lipinski definition) is 1. The maximum atomic E-state index is 6.21. The number of likely N-dealkylation sites (N-methyl/N-ethyl adjacent to an activating group) is 1. The van der Waals surface area contributed by atoms with Gasteiger partial charge in [0.1, 0.15) is 17.3 Å². The fraction of sp³-hybridized carbons (Fsp3) is 0.263. The van der Waals surface area contributed by atoms with Gasteiger partial charge in [0.05, 0.1) is 23.9 Å². The van der Waals surface area contributed by atoms with Crippen LogP contribution in [-0.4, -0.2) is 25.5 Å². The molecule has 24 heavy (non-hydrogen) atoms. The van der Waals surface area contributed by atoms with Gasteiger partial charge in [0.2, 0.25) is 0 Å². The Hall–Kier alpha value is -2.01. The van der Waals surface area contributed by atoms with Gasteiger partial charge in [-0.2, -0.15) is 0 Å². The predicted octanol–water partition coefficient (Wildman–Crippen LogP) is 4.59. The number of nitrogens with one attached hydrogen (secondary N) is 1. The summed E-state index contributed by atoms with van der Waals surface area (Å²) in [5.74, 6) is 2.61. The molecule has 2 aromatic heterocycles. The molecular weight excluding hydrogens is 324 g/mol. The van der Waals surface area contributed by atoms with Crippen molar-refractivity contribution in [2.45, 2.75) is 12.6 Å². The lowest BCUT2D eigenvalue weighted by molar-refractivity contribution is 0.248. The SMILES string of the molecule is CN(C)[C@@H](CNCc1ccc(-c2ccccc2Cl)o1)c1ccco1. The van der Waals surface area contributed by atoms with Crippen molar-refractivity contribution < 1.29 is 8.83 Å². The lowest BCUT2D eigenvalue weighted by Crippen LogP contribution is -2.30. The smallest absolute Gasteiger partial charge is 0.135 e. The van der Waals surface area contributed by atoms with E-state index in [1.54, 1.807) is 6.26 Å². The number of halogens is 1. The van der Waals surface area contributed by atoms with Gasteiger partial charge in [-0.15, -0.1) is 0 Å². The Morgan fingerprint density at radius 1 is 1.08 bits per heavy atom. The number of nitrogens with zero attached hydrogens (tertiary/aromatic N) is 1. The summed E-state index contributed by atoms with van der Waals surface area (Å²) in [4.78, 5) is 2.13. The second-order valence-corrected chi connectivity index (χ2v) is 6.28. The van der Waals surface area contributed by atoms with E-state index in [4.69, 9.17) is 20.4 Å². The molecule has 4 nitrogen and oxygen atoms in total. The summed E-state index contributed by atoms with van der Waals surface area (Å²) >= 11 is 6.21. The zero-order valence-corrected chi connectivity index (χ0v) is 14.6. The van der Waals surface area contributed by atoms with Crippen LogP contribution in [0.1, 0.15) is 17.6 Å². The molecule has 0 amide bonds. The van der Waals surface area contributed by atoms with Crippen LogP contribution >= 0.6 is 11.6 Å². The fourth-order valence-corrected chi connectivity index (χ4v) is 2.86. The monoisotopic (exact) mass is 344 g/mol. The first-order chi connectivity index (χ1) is 11.6. The summed E-state index contributed by atoms with van der Waals surface area (Å²) < 4.78 is 11.4. The van der Waals surface area contributed by atoms with E-state index in [9.17, 15) is 0 Å². The summed E-state index contributed by atoms with van der Waals surface area (Å²) in [7, 11) is 4.08. The molecule has 0 aliphatic heterocycles. The summed E-state index contributed by atoms with van der Waals surface area (Å²) in [5, 5.41) is 4.11. The van der Waals surface area contributed by atoms with E-state index in [1.165, 1.54) is 0 Å². The highest BCUT2D eigenvalue weighted by molar-refractivity contribution is 6.33. The second-order valence-electron chi connectivity index (χ2n) is 5.87. The first kappa shape index (κ1) is 16.8. The Bertz CT molecular complexity index is 765. The molecule has 3 rings (SSSR count). The Morgan fingerprint density at radius 3 is 2.62 bits per heavy atom. The van der Waals surface area contributed by atoms with Gasteiger partial charge in [-0.25, -0.2) is 0 Å². The van der Waals surface area contributed by atoms with Crippen LogP contribution in [0.5, 0.6) is 0 Å². The lowest BCUT2D eigenvalue weighted by Gasteiger charge is -2.22. The summed E-state index contributed by atoms with van der Waals surface area (Å²) in [6, 6.07) is 15.7. The van der Waals surface area contributed by atoms with E-state index < -0.39 is 0 Å². The lowest BCUT2D eigenvalue weighted by atomic mass is 10.2. The van der Waals surface area contributed by atoms with E-state index in [1.807, 2.05) is 62.6 Å². The number of benzene rings is 1. The molecule has 0 spiro atoms. The molecule has 0 radical (unpaired) electrons. The standard InChI is InChI=1S/C19H21ClN2O2/c1-22(2)17(19-8-5-11-23-19)13-21-12-14-9-10-18(24-14)15-6-3-4-7-16(15)20/h3-11,17,21H,12-13H2,1-2H3/t17-/m0/s1. The highest BCUT2D eigenvalue weighted by Crippen LogP contribution is 2.29. The predicted molar refractivity (Wildman–Crippen MR) is 96.0 cm³/mol. The van der Waals surface area contributed by atoms with Crippen LogP contribution in [0.4, 0.5) is 0 Å². The van der Waals surface area contributed by atoms with Crippen LogP contribution in [-0.2, 0) is 6.54 Å². The van der Waals surface area contributed by atoms with Crippen molar-refractivity contribution in [3.8, 4) is 11.3 Å². The first-order valence-electron chi connectivity index (χ1n) is 7.89. The number of rotatable bonds is 7. The summed E-state index contributed by atoms with van der Waals surface area (Å²) in [6.45, 7) is 1.41. The fourth-order valence-electron chi connectivity index (χ4n) is 2.63. The normalized spacial score (nSPS) is 12.7. The molecule has 1 aromatic carbocycles. The molecular formula is C19H21ClN2O2. The molecule has 0 saturated heterocycles. The average Bonchev–Trinajstić information content (AvgIpc) is 3.23. The second kappa shape index (κ2) is 7.71. The van der Waals surface area contributed by atoms with Crippen molar-refractivity contribution in [2.75, 3.05) is 20.6 Å². The van der Waals surface area contributed by atoms with Gasteiger partial charge >= 0.3 is 0 Å². The highest BCUT2D eigenvalue weighted by atomic mass is 35.5. The molecule has 0 aliphatic rings. The van der Waals surface area contributed by atoms with Crippen molar-refractivity contribution in [1.29, 1.82) is 0 Å². The van der Waals surface area contributed by atoms with Crippen molar-refractivity contribution in [1.82, 2.24) is 10.2 Å². The molecule has 5 heteroatoms. The van der Waals surface area contributed by atoms with Crippen LogP contribution in [0.3, 0.4) is 0 Å². The minimum atomic E-state index is 0.179. The van der Waals surface area contributed by atoms with Crippen LogP contribution in [0, 0.1) is 0 Å². The summed E-state index contributed by atoms with van der Waals surface area (Å²) in [6.07, 6.45) is 1.70. The topological polar surface area (TPSA) is 41.5 Å². The highest BCUT2D eigenvalue weighted by Gasteiger charge is 2.16. The average molecular weight is 345 g/mol. The molecule has 1 atom stereocenters. The molecule has 3 aromatic rings. The van der Waals surface area contributed by atoms with Crippen molar-refractivity contribution in [2.24, 2.45) is 0 Å². The summed E-state index contributed by atoms with van der Waals surface area (Å²) in [5.41, 5.74) is 0.909. The van der Waals surface area contributed by atoms with E-state index in [-0.39, 0.29) is 6.04 Å². The van der Waals surface area contributed by atoms with Crippen molar-refractivity contribution in [3.63, 3.8) is 0 Å². The molecule has 126 valence electrons. The third-order valence-corrected chi connectivity index (χ3v) is 4.26. The van der Waals surface area contributed by atoms with Gasteiger partial charge < -0.3 is 14.2 Å². The molecule has 0 unspecified atom stereocenters. The van der Waals surface area contributed by atoms with Gasteiger partial charge in [-0.05, 0) is 50.5 Å². The molecule has 0 saturated carbocycles. The first-order valence-corrected chi connectivity index (χ1v) is 8.27. The van der Waals surface area contributed by atoms with Crippen molar-refractivity contribution in [3.05, 3.63) is 71.3 Å². The molecule has 2 heterocycles. The zero-order valence-electron chi connectivity index (χ0n) is 13.8. The maximum absolute atomic E-state index is 6.21. The van der Waals surface area contributed by atoms with Crippen LogP contribution in [0.15, 0.2) is 63.6 Å². The van der Waals surface area contributed by atoms with Gasteiger partial charge in [0, 0.05) is 12.1 Å². The third-order valence-electron chi connectivity index (χ3n) is 3.93. The Balaban J connectivity index is 1.60. The van der Waals surface area contributed by atoms with Crippen LogP contribution in [0.2, 0.25) is 5.02 Å². The number of furan rings is 2. The minimum absolute atomic E-state index is 0.179. The van der Waals surface area contributed by atoms with E-state index in [2.05, 4.69) is 10.2 Å². The minimum Gasteiger partial charge on any atom is -0.468 e. The molecule has 0 bridgehead atoms. The van der Waals surface area contributed by atoms with Crippen LogP contribution in [0.25, 0.3) is 11.3 Å². The molecule has 1 N–H and O–H groups in total. The molecule has 0 fully saturated rings. The van der Waals surface area contributed by atoms with Gasteiger partial charge in [0.15, 0.2) is 0 Å². The Labute approximate surface area is 147 Å². The maximum Gasteiger partial charge on any atom is 0.135 e. The molecule has 0 aliphatic carbocycles. The van der Waals surface area contributed by atoms with Gasteiger partial charge in [-0.3, -0.25) is 4.90 Å². The van der Waals surface area contributed by atoms with Crippen molar-refractivity contribution >= 4 is 11.6 Å². The Morgan fingerprint density at radius 2 is 1.92 bits per heavy atom. The van der Waals surface area contributed by atoms with Gasteiger partial charge in [0.25, 0.3) is 0 Å². The van der Waals surface area contributed by atoms with Gasteiger partial charge in [-0.1, -0.05) is 23.7 Å². The number of hydrogen-bond acceptors (Lipinski definition) is 4. The van der Waals surface area contributed by atoms with E-state index in [0.717, 1.165) is 29.4 Å². The quantitative estimate of drug-likeness (QED) is 0.681. The zero-order chi connectivity index (χ0) is 16.9. The third kappa shape index (κ3) is 3.90. The van der Waals surface area contributed by atoms with Crippen LogP contribution < -0.4 is 5.32 Å². The largest absolute Gasteiger partial charge is 0.468 e. The van der Waals surface area contributed by atoms with E-state index in [0.29, 0.717) is 11.6 Å². The van der Waals surface area contributed by atoms with E-state index >= 15 is 0 Å².